The summed E-state index contributed by atoms with van der Waals surface area (Å²) >= 11 is 0. The van der Waals surface area contributed by atoms with Gasteiger partial charge in [0.2, 0.25) is 0 Å². The van der Waals surface area contributed by atoms with Crippen LogP contribution in [0.3, 0.4) is 0 Å². The molecule has 3 nitrogen and oxygen atoms in total. The maximum atomic E-state index is 6.16. The Bertz CT molecular complexity index is 218. The van der Waals surface area contributed by atoms with Crippen LogP contribution in [0.25, 0.3) is 0 Å². The van der Waals surface area contributed by atoms with Crippen molar-refractivity contribution < 1.29 is 0 Å². The minimum atomic E-state index is 0.268. The van der Waals surface area contributed by atoms with Crippen LogP contribution in [0.1, 0.15) is 46.5 Å². The number of likely N-dealkylation sites (N-methyl/N-ethyl adjacent to an activating group) is 1. The number of piperidine rings is 1. The van der Waals surface area contributed by atoms with Gasteiger partial charge in [-0.1, -0.05) is 33.6 Å². The first kappa shape index (κ1) is 15.9. The molecule has 0 bridgehead atoms. The maximum absolute atomic E-state index is 6.16. The molecule has 3 heteroatoms. The third kappa shape index (κ3) is 3.69. The van der Waals surface area contributed by atoms with E-state index >= 15 is 0 Å². The zero-order valence-corrected chi connectivity index (χ0v) is 12.9. The summed E-state index contributed by atoms with van der Waals surface area (Å²) < 4.78 is 0. The lowest BCUT2D eigenvalue weighted by Gasteiger charge is -2.48. The minimum absolute atomic E-state index is 0.268. The second-order valence-electron chi connectivity index (χ2n) is 5.95. The molecule has 2 N–H and O–H groups in total. The van der Waals surface area contributed by atoms with E-state index in [4.69, 9.17) is 5.73 Å². The molecule has 1 saturated heterocycles. The van der Waals surface area contributed by atoms with Crippen molar-refractivity contribution in [3.63, 3.8) is 0 Å². The number of hydrogen-bond acceptors (Lipinski definition) is 3. The summed E-state index contributed by atoms with van der Waals surface area (Å²) in [5, 5.41) is 0. The summed E-state index contributed by atoms with van der Waals surface area (Å²) in [7, 11) is 2.22. The predicted octanol–water partition coefficient (Wildman–Crippen LogP) is 2.17. The van der Waals surface area contributed by atoms with Gasteiger partial charge >= 0.3 is 0 Å². The molecule has 0 radical (unpaired) electrons. The maximum Gasteiger partial charge on any atom is 0.0356 e. The Labute approximate surface area is 114 Å². The van der Waals surface area contributed by atoms with Crippen molar-refractivity contribution >= 4 is 0 Å². The fourth-order valence-electron chi connectivity index (χ4n) is 3.20. The standard InChI is InChI=1S/C15H33N3/c1-5-14(6-2)12-18(7-3)15(13-16)8-10-17(4)11-9-15/h14H,5-13,16H2,1-4H3. The first-order chi connectivity index (χ1) is 8.61. The summed E-state index contributed by atoms with van der Waals surface area (Å²) in [6.45, 7) is 12.5. The Morgan fingerprint density at radius 3 is 2.11 bits per heavy atom. The molecule has 0 spiro atoms. The first-order valence-corrected chi connectivity index (χ1v) is 7.75. The van der Waals surface area contributed by atoms with Crippen LogP contribution in [0.2, 0.25) is 0 Å². The van der Waals surface area contributed by atoms with Gasteiger partial charge in [0.1, 0.15) is 0 Å². The van der Waals surface area contributed by atoms with Crippen molar-refractivity contribution in [1.82, 2.24) is 9.80 Å². The van der Waals surface area contributed by atoms with E-state index < -0.39 is 0 Å². The van der Waals surface area contributed by atoms with Crippen LogP contribution in [-0.4, -0.2) is 55.1 Å². The molecular formula is C15H33N3. The Hall–Kier alpha value is -0.120. The monoisotopic (exact) mass is 255 g/mol. The molecular weight excluding hydrogens is 222 g/mol. The van der Waals surface area contributed by atoms with Crippen LogP contribution in [0, 0.1) is 5.92 Å². The van der Waals surface area contributed by atoms with Crippen molar-refractivity contribution in [3.05, 3.63) is 0 Å². The second-order valence-corrected chi connectivity index (χ2v) is 5.95. The highest BCUT2D eigenvalue weighted by Crippen LogP contribution is 2.29. The fourth-order valence-corrected chi connectivity index (χ4v) is 3.20. The Morgan fingerprint density at radius 2 is 1.72 bits per heavy atom. The van der Waals surface area contributed by atoms with Crippen LogP contribution >= 0.6 is 0 Å². The summed E-state index contributed by atoms with van der Waals surface area (Å²) in [6.07, 6.45) is 5.03. The second kappa shape index (κ2) is 7.46. The normalized spacial score (nSPS) is 20.8. The molecule has 108 valence electrons. The van der Waals surface area contributed by atoms with Crippen molar-refractivity contribution in [2.45, 2.75) is 52.0 Å². The van der Waals surface area contributed by atoms with E-state index in [0.717, 1.165) is 19.0 Å². The average molecular weight is 255 g/mol. The molecule has 0 aromatic rings. The molecule has 0 aliphatic carbocycles. The molecule has 0 unspecified atom stereocenters. The SMILES string of the molecule is CCC(CC)CN(CC)C1(CN)CCN(C)CC1. The van der Waals surface area contributed by atoms with E-state index in [1.54, 1.807) is 0 Å². The van der Waals surface area contributed by atoms with E-state index in [9.17, 15) is 0 Å². The third-order valence-electron chi connectivity index (χ3n) is 4.98. The van der Waals surface area contributed by atoms with Crippen LogP contribution in [0.15, 0.2) is 0 Å². The quantitative estimate of drug-likeness (QED) is 0.757. The first-order valence-electron chi connectivity index (χ1n) is 7.75. The molecule has 1 rings (SSSR count). The summed E-state index contributed by atoms with van der Waals surface area (Å²) in [5.41, 5.74) is 6.43. The Morgan fingerprint density at radius 1 is 1.17 bits per heavy atom. The summed E-state index contributed by atoms with van der Waals surface area (Å²) in [4.78, 5) is 5.11. The van der Waals surface area contributed by atoms with E-state index in [-0.39, 0.29) is 5.54 Å². The van der Waals surface area contributed by atoms with Gasteiger partial charge in [0.05, 0.1) is 0 Å². The minimum Gasteiger partial charge on any atom is -0.329 e. The molecule has 0 amide bonds. The number of likely N-dealkylation sites (tertiary alicyclic amines) is 1. The predicted molar refractivity (Wildman–Crippen MR) is 79.8 cm³/mol. The molecule has 0 aromatic heterocycles. The van der Waals surface area contributed by atoms with Crippen LogP contribution in [-0.2, 0) is 0 Å². The van der Waals surface area contributed by atoms with Crippen molar-refractivity contribution in [1.29, 1.82) is 0 Å². The molecule has 1 aliphatic heterocycles. The number of nitrogens with zero attached hydrogens (tertiary/aromatic N) is 2. The van der Waals surface area contributed by atoms with E-state index in [1.807, 2.05) is 0 Å². The van der Waals surface area contributed by atoms with Gasteiger partial charge in [-0.05, 0) is 45.4 Å². The molecule has 0 saturated carbocycles. The molecule has 0 atom stereocenters. The van der Waals surface area contributed by atoms with Crippen molar-refractivity contribution in [3.8, 4) is 0 Å². The smallest absolute Gasteiger partial charge is 0.0356 e. The Balaban J connectivity index is 2.70. The number of nitrogens with two attached hydrogens (primary N) is 1. The van der Waals surface area contributed by atoms with Gasteiger partial charge in [0, 0.05) is 18.6 Å². The highest BCUT2D eigenvalue weighted by atomic mass is 15.2. The Kier molecular flexibility index (Phi) is 6.61. The van der Waals surface area contributed by atoms with Gasteiger partial charge in [-0.3, -0.25) is 4.90 Å². The number of hydrogen-bond donors (Lipinski definition) is 1. The highest BCUT2D eigenvalue weighted by Gasteiger charge is 2.37. The third-order valence-corrected chi connectivity index (χ3v) is 4.98. The lowest BCUT2D eigenvalue weighted by molar-refractivity contribution is 0.0252. The lowest BCUT2D eigenvalue weighted by Crippen LogP contribution is -2.59. The van der Waals surface area contributed by atoms with Crippen LogP contribution in [0.4, 0.5) is 0 Å². The van der Waals surface area contributed by atoms with E-state index in [0.29, 0.717) is 0 Å². The zero-order valence-electron chi connectivity index (χ0n) is 12.9. The average Bonchev–Trinajstić information content (AvgIpc) is 2.42. The van der Waals surface area contributed by atoms with E-state index in [1.165, 1.54) is 45.3 Å². The lowest BCUT2D eigenvalue weighted by atomic mass is 9.84. The van der Waals surface area contributed by atoms with Crippen molar-refractivity contribution in [2.24, 2.45) is 11.7 Å². The molecule has 1 heterocycles. The largest absolute Gasteiger partial charge is 0.329 e. The fraction of sp³-hybridized carbons (Fsp3) is 1.00. The van der Waals surface area contributed by atoms with Gasteiger partial charge in [0.15, 0.2) is 0 Å². The van der Waals surface area contributed by atoms with Gasteiger partial charge in [-0.15, -0.1) is 0 Å². The van der Waals surface area contributed by atoms with Crippen LogP contribution < -0.4 is 5.73 Å². The van der Waals surface area contributed by atoms with Crippen LogP contribution in [0.5, 0.6) is 0 Å². The topological polar surface area (TPSA) is 32.5 Å². The summed E-state index contributed by atoms with van der Waals surface area (Å²) in [6, 6.07) is 0. The van der Waals surface area contributed by atoms with Crippen molar-refractivity contribution in [2.75, 3.05) is 39.8 Å². The van der Waals surface area contributed by atoms with Gasteiger partial charge in [-0.2, -0.15) is 0 Å². The molecule has 1 aliphatic rings. The van der Waals surface area contributed by atoms with E-state index in [2.05, 4.69) is 37.6 Å². The summed E-state index contributed by atoms with van der Waals surface area (Å²) in [5.74, 6) is 0.827. The molecule has 18 heavy (non-hydrogen) atoms. The molecule has 0 aromatic carbocycles. The number of rotatable bonds is 7. The van der Waals surface area contributed by atoms with Gasteiger partial charge in [0.25, 0.3) is 0 Å². The highest BCUT2D eigenvalue weighted by molar-refractivity contribution is 4.96. The zero-order chi connectivity index (χ0) is 13.6. The molecule has 1 fully saturated rings. The van der Waals surface area contributed by atoms with Gasteiger partial charge in [-0.25, -0.2) is 0 Å². The van der Waals surface area contributed by atoms with Gasteiger partial charge < -0.3 is 10.6 Å².